The van der Waals surface area contributed by atoms with Gasteiger partial charge in [0.25, 0.3) is 6.43 Å². The first kappa shape index (κ1) is 14.0. The van der Waals surface area contributed by atoms with Gasteiger partial charge in [0.15, 0.2) is 0 Å². The van der Waals surface area contributed by atoms with Gasteiger partial charge in [-0.15, -0.1) is 0 Å². The number of rotatable bonds is 4. The van der Waals surface area contributed by atoms with Gasteiger partial charge in [-0.25, -0.2) is 13.8 Å². The summed E-state index contributed by atoms with van der Waals surface area (Å²) in [5, 5.41) is 0. The van der Waals surface area contributed by atoms with Gasteiger partial charge in [0.1, 0.15) is 0 Å². The average Bonchev–Trinajstić information content (AvgIpc) is 2.15. The van der Waals surface area contributed by atoms with E-state index in [-0.39, 0.29) is 16.8 Å². The first-order valence-corrected chi connectivity index (χ1v) is 5.53. The molecule has 0 fully saturated rings. The second-order valence-electron chi connectivity index (χ2n) is 3.07. The summed E-state index contributed by atoms with van der Waals surface area (Å²) in [4.78, 5) is 14.5. The highest BCUT2D eigenvalue weighted by Gasteiger charge is 2.21. The minimum Gasteiger partial charge on any atom is -0.466 e. The smallest absolute Gasteiger partial charge is 0.311 e. The quantitative estimate of drug-likeness (QED) is 0.634. The highest BCUT2D eigenvalue weighted by atomic mass is 79.9. The van der Waals surface area contributed by atoms with Crippen molar-refractivity contribution in [2.45, 2.75) is 19.8 Å². The molecule has 0 bridgehead atoms. The molecule has 17 heavy (non-hydrogen) atoms. The molecule has 0 N–H and O–H groups in total. The van der Waals surface area contributed by atoms with E-state index >= 15 is 0 Å². The van der Waals surface area contributed by atoms with E-state index in [1.165, 1.54) is 0 Å². The SMILES string of the molecule is CCOC(=O)Cc1nc(F)cc(Br)c1C(F)F. The van der Waals surface area contributed by atoms with Crippen molar-refractivity contribution in [2.75, 3.05) is 6.61 Å². The number of hydrogen-bond acceptors (Lipinski definition) is 3. The number of esters is 1. The highest BCUT2D eigenvalue weighted by molar-refractivity contribution is 9.10. The van der Waals surface area contributed by atoms with Gasteiger partial charge in [-0.3, -0.25) is 4.79 Å². The van der Waals surface area contributed by atoms with Crippen LogP contribution in [0.2, 0.25) is 0 Å². The molecule has 0 saturated carbocycles. The molecule has 1 aromatic heterocycles. The average molecular weight is 312 g/mol. The van der Waals surface area contributed by atoms with Crippen LogP contribution in [0.25, 0.3) is 0 Å². The molecular weight excluding hydrogens is 303 g/mol. The van der Waals surface area contributed by atoms with Gasteiger partial charge in [-0.05, 0) is 6.92 Å². The molecule has 0 spiro atoms. The normalized spacial score (nSPS) is 10.7. The fourth-order valence-corrected chi connectivity index (χ4v) is 1.85. The Morgan fingerprint density at radius 3 is 2.76 bits per heavy atom. The van der Waals surface area contributed by atoms with Crippen LogP contribution in [-0.2, 0) is 16.0 Å². The molecule has 0 aromatic carbocycles. The molecule has 0 aliphatic heterocycles. The lowest BCUT2D eigenvalue weighted by Gasteiger charge is -2.09. The predicted molar refractivity (Wildman–Crippen MR) is 57.2 cm³/mol. The van der Waals surface area contributed by atoms with Gasteiger partial charge in [0.05, 0.1) is 24.3 Å². The van der Waals surface area contributed by atoms with Crippen LogP contribution in [-0.4, -0.2) is 17.6 Å². The molecule has 1 aromatic rings. The van der Waals surface area contributed by atoms with E-state index in [9.17, 15) is 18.0 Å². The second-order valence-corrected chi connectivity index (χ2v) is 3.92. The van der Waals surface area contributed by atoms with Gasteiger partial charge < -0.3 is 4.74 Å². The fourth-order valence-electron chi connectivity index (χ4n) is 1.26. The van der Waals surface area contributed by atoms with Crippen molar-refractivity contribution in [1.29, 1.82) is 0 Å². The molecule has 1 rings (SSSR count). The summed E-state index contributed by atoms with van der Waals surface area (Å²) in [6.07, 6.45) is -3.33. The Labute approximate surface area is 104 Å². The first-order chi connectivity index (χ1) is 7.95. The minimum absolute atomic E-state index is 0.112. The predicted octanol–water partition coefficient (Wildman–Crippen LogP) is 3.03. The molecule has 94 valence electrons. The Bertz CT molecular complexity index is 426. The van der Waals surface area contributed by atoms with Gasteiger partial charge in [0, 0.05) is 10.5 Å². The second kappa shape index (κ2) is 6.00. The van der Waals surface area contributed by atoms with Crippen molar-refractivity contribution < 1.29 is 22.7 Å². The van der Waals surface area contributed by atoms with E-state index in [2.05, 4.69) is 25.7 Å². The lowest BCUT2D eigenvalue weighted by atomic mass is 10.1. The van der Waals surface area contributed by atoms with Crippen LogP contribution < -0.4 is 0 Å². The maximum absolute atomic E-state index is 13.0. The molecule has 0 aliphatic rings. The summed E-state index contributed by atoms with van der Waals surface area (Å²) in [5.74, 6) is -1.65. The topological polar surface area (TPSA) is 39.2 Å². The van der Waals surface area contributed by atoms with E-state index in [1.54, 1.807) is 6.92 Å². The van der Waals surface area contributed by atoms with E-state index in [4.69, 9.17) is 0 Å². The number of pyridine rings is 1. The van der Waals surface area contributed by atoms with Crippen LogP contribution >= 0.6 is 15.9 Å². The Morgan fingerprint density at radius 2 is 2.24 bits per heavy atom. The molecule has 1 heterocycles. The Kier molecular flexibility index (Phi) is 4.92. The third kappa shape index (κ3) is 3.69. The van der Waals surface area contributed by atoms with Gasteiger partial charge >= 0.3 is 5.97 Å². The number of hydrogen-bond donors (Lipinski definition) is 0. The summed E-state index contributed by atoms with van der Waals surface area (Å²) in [5.41, 5.74) is -0.801. The Hall–Kier alpha value is -1.11. The van der Waals surface area contributed by atoms with E-state index in [0.717, 1.165) is 6.07 Å². The van der Waals surface area contributed by atoms with Crippen LogP contribution in [0.1, 0.15) is 24.6 Å². The van der Waals surface area contributed by atoms with Crippen LogP contribution in [0.15, 0.2) is 10.5 Å². The zero-order valence-corrected chi connectivity index (χ0v) is 10.4. The third-order valence-corrected chi connectivity index (χ3v) is 2.55. The van der Waals surface area contributed by atoms with Crippen LogP contribution in [0, 0.1) is 5.95 Å². The number of carbonyl (C=O) groups excluding carboxylic acids is 1. The summed E-state index contributed by atoms with van der Waals surface area (Å²) in [6.45, 7) is 1.71. The molecule has 0 aliphatic carbocycles. The van der Waals surface area contributed by atoms with Crippen LogP contribution in [0.4, 0.5) is 13.2 Å². The minimum atomic E-state index is -2.85. The number of carbonyl (C=O) groups is 1. The number of halogens is 4. The zero-order chi connectivity index (χ0) is 13.0. The molecule has 0 unspecified atom stereocenters. The first-order valence-electron chi connectivity index (χ1n) is 4.74. The van der Waals surface area contributed by atoms with Crippen molar-refractivity contribution in [3.63, 3.8) is 0 Å². The molecular formula is C10H9BrF3NO2. The largest absolute Gasteiger partial charge is 0.466 e. The van der Waals surface area contributed by atoms with E-state index in [1.807, 2.05) is 0 Å². The Morgan fingerprint density at radius 1 is 1.59 bits per heavy atom. The van der Waals surface area contributed by atoms with Crippen LogP contribution in [0.3, 0.4) is 0 Å². The summed E-state index contributed by atoms with van der Waals surface area (Å²) in [6, 6.07) is 0.830. The van der Waals surface area contributed by atoms with Gasteiger partial charge in [-0.2, -0.15) is 4.39 Å². The maximum Gasteiger partial charge on any atom is 0.311 e. The molecule has 3 nitrogen and oxygen atoms in total. The third-order valence-electron chi connectivity index (χ3n) is 1.89. The lowest BCUT2D eigenvalue weighted by Crippen LogP contribution is -2.12. The van der Waals surface area contributed by atoms with Crippen molar-refractivity contribution in [3.05, 3.63) is 27.7 Å². The van der Waals surface area contributed by atoms with Gasteiger partial charge in [-0.1, -0.05) is 15.9 Å². The summed E-state index contributed by atoms with van der Waals surface area (Å²) in [7, 11) is 0. The van der Waals surface area contributed by atoms with Gasteiger partial charge in [0.2, 0.25) is 5.95 Å². The number of ether oxygens (including phenoxy) is 1. The van der Waals surface area contributed by atoms with Crippen molar-refractivity contribution >= 4 is 21.9 Å². The molecule has 0 radical (unpaired) electrons. The zero-order valence-electron chi connectivity index (χ0n) is 8.84. The standard InChI is InChI=1S/C10H9BrF3NO2/c1-2-17-8(16)4-6-9(10(13)14)5(11)3-7(12)15-6/h3,10H,2,4H2,1H3. The number of nitrogens with zero attached hydrogens (tertiary/aromatic N) is 1. The fraction of sp³-hybridized carbons (Fsp3) is 0.400. The lowest BCUT2D eigenvalue weighted by molar-refractivity contribution is -0.142. The number of alkyl halides is 2. The molecule has 7 heteroatoms. The molecule has 0 saturated heterocycles. The van der Waals surface area contributed by atoms with E-state index < -0.39 is 30.3 Å². The summed E-state index contributed by atoms with van der Waals surface area (Å²) >= 11 is 2.82. The molecule has 0 amide bonds. The van der Waals surface area contributed by atoms with Crippen molar-refractivity contribution in [3.8, 4) is 0 Å². The molecule has 0 atom stereocenters. The monoisotopic (exact) mass is 311 g/mol. The Balaban J connectivity index is 3.08. The summed E-state index contributed by atoms with van der Waals surface area (Å²) < 4.78 is 42.9. The van der Waals surface area contributed by atoms with Crippen molar-refractivity contribution in [1.82, 2.24) is 4.98 Å². The number of aromatic nitrogens is 1. The van der Waals surface area contributed by atoms with Crippen molar-refractivity contribution in [2.24, 2.45) is 0 Å². The van der Waals surface area contributed by atoms with Crippen LogP contribution in [0.5, 0.6) is 0 Å². The van der Waals surface area contributed by atoms with E-state index in [0.29, 0.717) is 0 Å². The highest BCUT2D eigenvalue weighted by Crippen LogP contribution is 2.30. The maximum atomic E-state index is 13.0.